The van der Waals surface area contributed by atoms with Crippen molar-refractivity contribution in [2.24, 2.45) is 0 Å². The highest BCUT2D eigenvalue weighted by Crippen LogP contribution is 2.37. The molecule has 0 aliphatic carbocycles. The number of para-hydroxylation sites is 1. The zero-order valence-electron chi connectivity index (χ0n) is 14.8. The number of nitrogens with zero attached hydrogens (tertiary/aromatic N) is 2. The summed E-state index contributed by atoms with van der Waals surface area (Å²) in [4.78, 5) is 26.1. The molecule has 1 fully saturated rings. The maximum absolute atomic E-state index is 14.4. The Bertz CT molecular complexity index is 840. The summed E-state index contributed by atoms with van der Waals surface area (Å²) in [5, 5.41) is 2.84. The van der Waals surface area contributed by atoms with Crippen LogP contribution < -0.4 is 21.0 Å². The Morgan fingerprint density at radius 3 is 2.89 bits per heavy atom. The lowest BCUT2D eigenvalue weighted by Crippen LogP contribution is -2.30. The SMILES string of the molecule is Nc1ccn(C2OC(COP(NCC=O)Oc3ccccc3)CC2F)c(=O)n1. The predicted molar refractivity (Wildman–Crippen MR) is 100 cm³/mol. The van der Waals surface area contributed by atoms with E-state index < -0.39 is 32.7 Å². The van der Waals surface area contributed by atoms with Gasteiger partial charge in [-0.3, -0.25) is 4.57 Å². The number of nitrogens with one attached hydrogen (secondary N) is 1. The Morgan fingerprint density at radius 1 is 1.39 bits per heavy atom. The van der Waals surface area contributed by atoms with E-state index in [1.165, 1.54) is 12.3 Å². The summed E-state index contributed by atoms with van der Waals surface area (Å²) in [7, 11) is -1.63. The van der Waals surface area contributed by atoms with Crippen molar-refractivity contribution in [3.63, 3.8) is 0 Å². The molecular formula is C17H20FN4O5P. The van der Waals surface area contributed by atoms with Crippen LogP contribution in [-0.4, -0.2) is 41.3 Å². The smallest absolute Gasteiger partial charge is 0.351 e. The maximum atomic E-state index is 14.4. The average molecular weight is 410 g/mol. The van der Waals surface area contributed by atoms with E-state index in [9.17, 15) is 14.0 Å². The number of aldehydes is 1. The Labute approximate surface area is 161 Å². The minimum absolute atomic E-state index is 0.0263. The molecule has 0 amide bonds. The third-order valence-corrected chi connectivity index (χ3v) is 5.07. The topological polar surface area (TPSA) is 118 Å². The highest BCUT2D eigenvalue weighted by molar-refractivity contribution is 7.45. The van der Waals surface area contributed by atoms with Crippen LogP contribution in [-0.2, 0) is 14.1 Å². The largest absolute Gasteiger partial charge is 0.436 e. The number of aromatic nitrogens is 2. The first-order valence-electron chi connectivity index (χ1n) is 8.54. The quantitative estimate of drug-likeness (QED) is 0.473. The van der Waals surface area contributed by atoms with Gasteiger partial charge in [-0.1, -0.05) is 18.2 Å². The van der Waals surface area contributed by atoms with Crippen molar-refractivity contribution in [1.82, 2.24) is 14.6 Å². The van der Waals surface area contributed by atoms with Gasteiger partial charge in [0.25, 0.3) is 0 Å². The van der Waals surface area contributed by atoms with E-state index in [4.69, 9.17) is 19.5 Å². The number of carbonyl (C=O) groups excluding carboxylic acids is 1. The van der Waals surface area contributed by atoms with Crippen molar-refractivity contribution in [1.29, 1.82) is 0 Å². The van der Waals surface area contributed by atoms with E-state index in [1.807, 2.05) is 6.07 Å². The first-order chi connectivity index (χ1) is 13.6. The first-order valence-corrected chi connectivity index (χ1v) is 9.72. The third-order valence-electron chi connectivity index (χ3n) is 3.87. The summed E-state index contributed by atoms with van der Waals surface area (Å²) in [6.45, 7) is 0.0728. The van der Waals surface area contributed by atoms with Crippen LogP contribution >= 0.6 is 8.53 Å². The lowest BCUT2D eigenvalue weighted by molar-refractivity contribution is -0.106. The molecule has 0 radical (unpaired) electrons. The second kappa shape index (κ2) is 9.70. The summed E-state index contributed by atoms with van der Waals surface area (Å²) in [5.41, 5.74) is 4.77. The molecule has 3 rings (SSSR count). The van der Waals surface area contributed by atoms with E-state index in [2.05, 4.69) is 10.1 Å². The van der Waals surface area contributed by atoms with Crippen LogP contribution in [0.3, 0.4) is 0 Å². The second-order valence-electron chi connectivity index (χ2n) is 5.93. The van der Waals surface area contributed by atoms with E-state index in [1.54, 1.807) is 24.3 Å². The van der Waals surface area contributed by atoms with Crippen LogP contribution in [0.1, 0.15) is 12.6 Å². The molecule has 0 saturated carbocycles. The maximum Gasteiger partial charge on any atom is 0.351 e. The molecule has 11 heteroatoms. The van der Waals surface area contributed by atoms with Crippen molar-refractivity contribution < 1.29 is 23.0 Å². The van der Waals surface area contributed by atoms with Gasteiger partial charge in [0, 0.05) is 12.6 Å². The van der Waals surface area contributed by atoms with Crippen molar-refractivity contribution in [3.8, 4) is 5.75 Å². The zero-order valence-corrected chi connectivity index (χ0v) is 15.7. The lowest BCUT2D eigenvalue weighted by atomic mass is 10.2. The summed E-state index contributed by atoms with van der Waals surface area (Å²) in [5.74, 6) is 0.625. The molecule has 1 aromatic carbocycles. The van der Waals surface area contributed by atoms with Gasteiger partial charge in [0.05, 0.1) is 19.3 Å². The fraction of sp³-hybridized carbons (Fsp3) is 0.353. The number of hydrogen-bond donors (Lipinski definition) is 2. The molecule has 0 spiro atoms. The number of alkyl halides is 1. The van der Waals surface area contributed by atoms with Gasteiger partial charge in [-0.25, -0.2) is 14.3 Å². The van der Waals surface area contributed by atoms with Crippen LogP contribution in [0.5, 0.6) is 5.75 Å². The van der Waals surface area contributed by atoms with Crippen molar-refractivity contribution in [3.05, 3.63) is 53.1 Å². The Hall–Kier alpha value is -2.39. The highest BCUT2D eigenvalue weighted by Gasteiger charge is 2.38. The molecule has 2 heterocycles. The molecule has 4 atom stereocenters. The minimum Gasteiger partial charge on any atom is -0.436 e. The minimum atomic E-state index is -1.63. The van der Waals surface area contributed by atoms with Gasteiger partial charge in [0.2, 0.25) is 0 Å². The predicted octanol–water partition coefficient (Wildman–Crippen LogP) is 1.56. The normalized spacial score (nSPS) is 22.7. The summed E-state index contributed by atoms with van der Waals surface area (Å²) >= 11 is 0. The van der Waals surface area contributed by atoms with Gasteiger partial charge in [-0.15, -0.1) is 0 Å². The molecule has 0 bridgehead atoms. The van der Waals surface area contributed by atoms with Crippen LogP contribution in [0.2, 0.25) is 0 Å². The Kier molecular flexibility index (Phi) is 7.05. The van der Waals surface area contributed by atoms with Crippen LogP contribution in [0.15, 0.2) is 47.4 Å². The molecule has 9 nitrogen and oxygen atoms in total. The van der Waals surface area contributed by atoms with Gasteiger partial charge in [0.1, 0.15) is 24.0 Å². The van der Waals surface area contributed by atoms with Gasteiger partial charge >= 0.3 is 14.2 Å². The number of nitrogens with two attached hydrogens (primary N) is 1. The number of carbonyl (C=O) groups is 1. The van der Waals surface area contributed by atoms with Crippen LogP contribution in [0.4, 0.5) is 10.2 Å². The number of hydrogen-bond acceptors (Lipinski definition) is 8. The number of benzene rings is 1. The second-order valence-corrected chi connectivity index (χ2v) is 7.20. The van der Waals surface area contributed by atoms with Crippen LogP contribution in [0.25, 0.3) is 0 Å². The third kappa shape index (κ3) is 5.32. The standard InChI is InChI=1S/C17H20FN4O5P/c18-14-10-13(26-16(14)22-8-6-15(19)21-17(22)24)11-25-28(20-7-9-23)27-12-4-2-1-3-5-12/h1-6,8-9,13-14,16,20H,7,10-11H2,(H2,19,21,24). The molecule has 150 valence electrons. The number of rotatable bonds is 9. The summed E-state index contributed by atoms with van der Waals surface area (Å²) < 4.78 is 32.4. The molecule has 4 unspecified atom stereocenters. The molecule has 1 saturated heterocycles. The summed E-state index contributed by atoms with van der Waals surface area (Å²) in [6, 6.07) is 10.4. The van der Waals surface area contributed by atoms with E-state index in [-0.39, 0.29) is 25.4 Å². The molecule has 1 aliphatic heterocycles. The van der Waals surface area contributed by atoms with Gasteiger partial charge in [-0.05, 0) is 18.2 Å². The van der Waals surface area contributed by atoms with Crippen LogP contribution in [0, 0.1) is 0 Å². The van der Waals surface area contributed by atoms with Crippen molar-refractivity contribution in [2.75, 3.05) is 18.9 Å². The van der Waals surface area contributed by atoms with Gasteiger partial charge in [-0.2, -0.15) is 4.98 Å². The molecule has 1 aromatic heterocycles. The first kappa shape index (κ1) is 20.3. The van der Waals surface area contributed by atoms with E-state index in [0.717, 1.165) is 4.57 Å². The van der Waals surface area contributed by atoms with Gasteiger partial charge < -0.3 is 24.3 Å². The number of ether oxygens (including phenoxy) is 1. The van der Waals surface area contributed by atoms with Crippen molar-refractivity contribution in [2.45, 2.75) is 24.9 Å². The Balaban J connectivity index is 1.59. The molecule has 28 heavy (non-hydrogen) atoms. The fourth-order valence-electron chi connectivity index (χ4n) is 2.62. The number of halogens is 1. The molecule has 3 N–H and O–H groups in total. The molecule has 2 aromatic rings. The molecular weight excluding hydrogens is 390 g/mol. The van der Waals surface area contributed by atoms with E-state index in [0.29, 0.717) is 12.0 Å². The zero-order chi connectivity index (χ0) is 19.9. The van der Waals surface area contributed by atoms with Gasteiger partial charge in [0.15, 0.2) is 6.23 Å². The average Bonchev–Trinajstić information content (AvgIpc) is 3.05. The lowest BCUT2D eigenvalue weighted by Gasteiger charge is -2.20. The molecule has 1 aliphatic rings. The summed E-state index contributed by atoms with van der Waals surface area (Å²) in [6.07, 6.45) is -1.01. The monoisotopic (exact) mass is 410 g/mol. The number of anilines is 1. The van der Waals surface area contributed by atoms with Crippen molar-refractivity contribution >= 4 is 20.6 Å². The number of nitrogen functional groups attached to an aromatic ring is 1. The highest BCUT2D eigenvalue weighted by atomic mass is 31.2. The Morgan fingerprint density at radius 2 is 2.18 bits per heavy atom. The fourth-order valence-corrected chi connectivity index (χ4v) is 3.66. The van der Waals surface area contributed by atoms with E-state index >= 15 is 0 Å².